The molecule has 3 aromatic carbocycles. The molecule has 0 saturated heterocycles. The molecule has 1 atom stereocenters. The molecule has 1 N–H and O–H groups in total. The smallest absolute Gasteiger partial charge is 0.290 e. The Labute approximate surface area is 221 Å². The fraction of sp³-hybridized carbons (Fsp3) is 0.290. The Morgan fingerprint density at radius 1 is 0.974 bits per heavy atom. The molecule has 0 aliphatic carbocycles. The molecule has 0 fully saturated rings. The summed E-state index contributed by atoms with van der Waals surface area (Å²) in [6, 6.07) is 18.4. The Kier molecular flexibility index (Phi) is 7.20. The van der Waals surface area contributed by atoms with E-state index >= 15 is 0 Å². The van der Waals surface area contributed by atoms with Gasteiger partial charge in [-0.3, -0.25) is 9.59 Å². The number of fused-ring (bicyclic) bond motifs is 2. The lowest BCUT2D eigenvalue weighted by Crippen LogP contribution is -2.31. The molecule has 7 heteroatoms. The summed E-state index contributed by atoms with van der Waals surface area (Å²) in [4.78, 5) is 29.0. The Balaban J connectivity index is 1.61. The van der Waals surface area contributed by atoms with E-state index in [1.165, 1.54) is 0 Å². The molecule has 1 amide bonds. The molecule has 1 aromatic heterocycles. The van der Waals surface area contributed by atoms with E-state index in [9.17, 15) is 14.7 Å². The third kappa shape index (κ3) is 4.65. The maximum Gasteiger partial charge on any atom is 0.290 e. The van der Waals surface area contributed by atoms with Crippen LogP contribution in [0.1, 0.15) is 57.8 Å². The highest BCUT2D eigenvalue weighted by molar-refractivity contribution is 5.99. The first-order valence-corrected chi connectivity index (χ1v) is 12.9. The zero-order valence-electron chi connectivity index (χ0n) is 21.8. The molecule has 5 rings (SSSR count). The molecule has 4 aromatic rings. The number of aryl methyl sites for hydroxylation is 2. The Morgan fingerprint density at radius 3 is 2.50 bits per heavy atom. The van der Waals surface area contributed by atoms with Crippen LogP contribution in [-0.2, 0) is 6.61 Å². The van der Waals surface area contributed by atoms with Crippen LogP contribution in [0.5, 0.6) is 11.5 Å². The number of ether oxygens (including phenoxy) is 2. The minimum atomic E-state index is -0.673. The second-order valence-electron chi connectivity index (χ2n) is 9.52. The van der Waals surface area contributed by atoms with Gasteiger partial charge in [0, 0.05) is 13.2 Å². The van der Waals surface area contributed by atoms with Crippen molar-refractivity contribution in [1.29, 1.82) is 0 Å². The van der Waals surface area contributed by atoms with E-state index < -0.39 is 6.04 Å². The lowest BCUT2D eigenvalue weighted by atomic mass is 9.97. The summed E-state index contributed by atoms with van der Waals surface area (Å²) in [7, 11) is 0. The molecule has 0 radical (unpaired) electrons. The Hall–Kier alpha value is -4.10. The van der Waals surface area contributed by atoms with E-state index in [2.05, 4.69) is 0 Å². The van der Waals surface area contributed by atoms with Gasteiger partial charge in [0.1, 0.15) is 12.2 Å². The summed E-state index contributed by atoms with van der Waals surface area (Å²) >= 11 is 0. The van der Waals surface area contributed by atoms with Gasteiger partial charge in [0.25, 0.3) is 5.91 Å². The van der Waals surface area contributed by atoms with Gasteiger partial charge in [-0.1, -0.05) is 42.5 Å². The van der Waals surface area contributed by atoms with Crippen molar-refractivity contribution in [1.82, 2.24) is 4.90 Å². The predicted octanol–water partition coefficient (Wildman–Crippen LogP) is 5.32. The maximum atomic E-state index is 13.9. The van der Waals surface area contributed by atoms with E-state index in [1.807, 2.05) is 75.4 Å². The summed E-state index contributed by atoms with van der Waals surface area (Å²) in [6.07, 6.45) is 0.374. The SMILES string of the molecule is CCOc1cc(C2c3c(oc4c(C)cc(C)cc4c3=O)C(=O)N2CCCO)ccc1OCc1ccccc1. The summed E-state index contributed by atoms with van der Waals surface area (Å²) < 4.78 is 18.1. The molecule has 1 aliphatic rings. The van der Waals surface area contributed by atoms with Gasteiger partial charge in [-0.2, -0.15) is 0 Å². The number of aliphatic hydroxyl groups excluding tert-OH is 1. The van der Waals surface area contributed by atoms with E-state index in [-0.39, 0.29) is 30.2 Å². The zero-order chi connectivity index (χ0) is 26.8. The van der Waals surface area contributed by atoms with E-state index in [4.69, 9.17) is 13.9 Å². The third-order valence-electron chi connectivity index (χ3n) is 6.77. The number of carbonyl (C=O) groups excluding carboxylic acids is 1. The number of nitrogens with zero attached hydrogens (tertiary/aromatic N) is 1. The van der Waals surface area contributed by atoms with Crippen molar-refractivity contribution in [3.63, 3.8) is 0 Å². The second kappa shape index (κ2) is 10.7. The van der Waals surface area contributed by atoms with Gasteiger partial charge in [0.05, 0.1) is 23.6 Å². The lowest BCUT2D eigenvalue weighted by molar-refractivity contribution is 0.0716. The minimum absolute atomic E-state index is 0.0553. The monoisotopic (exact) mass is 513 g/mol. The zero-order valence-corrected chi connectivity index (χ0v) is 21.8. The first kappa shape index (κ1) is 25.5. The van der Waals surface area contributed by atoms with Crippen molar-refractivity contribution < 1.29 is 23.8 Å². The van der Waals surface area contributed by atoms with Crippen molar-refractivity contribution in [2.24, 2.45) is 0 Å². The Bertz CT molecular complexity index is 1540. The maximum absolute atomic E-state index is 13.9. The summed E-state index contributed by atoms with van der Waals surface area (Å²) in [6.45, 7) is 6.68. The van der Waals surface area contributed by atoms with Crippen LogP contribution in [0, 0.1) is 13.8 Å². The van der Waals surface area contributed by atoms with Crippen LogP contribution in [0.2, 0.25) is 0 Å². The standard InChI is InChI=1S/C31H31NO6/c1-4-36-25-17-22(11-12-24(25)37-18-21-9-6-5-7-10-21)27-26-28(34)23-16-19(2)15-20(3)29(23)38-30(26)31(35)32(27)13-8-14-33/h5-7,9-12,15-17,27,33H,4,8,13-14,18H2,1-3H3. The third-order valence-corrected chi connectivity index (χ3v) is 6.77. The number of amides is 1. The quantitative estimate of drug-likeness (QED) is 0.326. The molecule has 0 saturated carbocycles. The second-order valence-corrected chi connectivity index (χ2v) is 9.52. The fourth-order valence-corrected chi connectivity index (χ4v) is 5.11. The topological polar surface area (TPSA) is 89.2 Å². The molecule has 7 nitrogen and oxygen atoms in total. The van der Waals surface area contributed by atoms with Crippen molar-refractivity contribution in [2.75, 3.05) is 19.8 Å². The van der Waals surface area contributed by atoms with Crippen molar-refractivity contribution in [2.45, 2.75) is 39.8 Å². The minimum Gasteiger partial charge on any atom is -0.490 e. The van der Waals surface area contributed by atoms with Crippen LogP contribution < -0.4 is 14.9 Å². The fourth-order valence-electron chi connectivity index (χ4n) is 5.11. The molecule has 2 heterocycles. The van der Waals surface area contributed by atoms with E-state index in [0.717, 1.165) is 16.7 Å². The highest BCUT2D eigenvalue weighted by atomic mass is 16.5. The molecular formula is C31H31NO6. The molecular weight excluding hydrogens is 482 g/mol. The number of aliphatic hydroxyl groups is 1. The molecule has 0 spiro atoms. The number of hydrogen-bond acceptors (Lipinski definition) is 6. The number of carbonyl (C=O) groups is 1. The van der Waals surface area contributed by atoms with Crippen LogP contribution in [-0.4, -0.2) is 35.7 Å². The van der Waals surface area contributed by atoms with Crippen LogP contribution in [0.3, 0.4) is 0 Å². The molecule has 38 heavy (non-hydrogen) atoms. The lowest BCUT2D eigenvalue weighted by Gasteiger charge is -2.25. The average Bonchev–Trinajstić information content (AvgIpc) is 3.19. The van der Waals surface area contributed by atoms with Gasteiger partial charge in [0.15, 0.2) is 16.9 Å². The average molecular weight is 514 g/mol. The van der Waals surface area contributed by atoms with Crippen LogP contribution >= 0.6 is 0 Å². The highest BCUT2D eigenvalue weighted by Gasteiger charge is 2.42. The highest BCUT2D eigenvalue weighted by Crippen LogP contribution is 2.41. The van der Waals surface area contributed by atoms with Crippen molar-refractivity contribution >= 4 is 16.9 Å². The van der Waals surface area contributed by atoms with Gasteiger partial charge in [-0.25, -0.2) is 0 Å². The molecule has 196 valence electrons. The van der Waals surface area contributed by atoms with Gasteiger partial charge in [-0.05, 0) is 67.6 Å². The molecule has 0 bridgehead atoms. The molecule has 1 unspecified atom stereocenters. The molecule has 1 aliphatic heterocycles. The number of rotatable bonds is 9. The van der Waals surface area contributed by atoms with Crippen LogP contribution in [0.4, 0.5) is 0 Å². The largest absolute Gasteiger partial charge is 0.490 e. The first-order chi connectivity index (χ1) is 18.4. The van der Waals surface area contributed by atoms with Crippen molar-refractivity contribution in [3.8, 4) is 11.5 Å². The number of benzene rings is 3. The summed E-state index contributed by atoms with van der Waals surface area (Å²) in [5, 5.41) is 9.96. The van der Waals surface area contributed by atoms with E-state index in [1.54, 1.807) is 11.0 Å². The van der Waals surface area contributed by atoms with Gasteiger partial charge < -0.3 is 23.9 Å². The number of hydrogen-bond donors (Lipinski definition) is 1. The van der Waals surface area contributed by atoms with Gasteiger partial charge >= 0.3 is 0 Å². The van der Waals surface area contributed by atoms with Crippen LogP contribution in [0.15, 0.2) is 69.9 Å². The summed E-state index contributed by atoms with van der Waals surface area (Å²) in [5.74, 6) is 0.794. The van der Waals surface area contributed by atoms with Crippen LogP contribution in [0.25, 0.3) is 11.0 Å². The Morgan fingerprint density at radius 2 is 1.76 bits per heavy atom. The summed E-state index contributed by atoms with van der Waals surface area (Å²) in [5.41, 5.74) is 4.00. The van der Waals surface area contributed by atoms with Gasteiger partial charge in [0.2, 0.25) is 5.76 Å². The van der Waals surface area contributed by atoms with E-state index in [0.29, 0.717) is 53.2 Å². The van der Waals surface area contributed by atoms with Crippen molar-refractivity contribution in [3.05, 3.63) is 104 Å². The first-order valence-electron chi connectivity index (χ1n) is 12.9. The normalized spacial score (nSPS) is 14.7. The predicted molar refractivity (Wildman–Crippen MR) is 145 cm³/mol. The van der Waals surface area contributed by atoms with Gasteiger partial charge in [-0.15, -0.1) is 0 Å².